The first kappa shape index (κ1) is 10.8. The third-order valence-electron chi connectivity index (χ3n) is 2.20. The van der Waals surface area contributed by atoms with Gasteiger partial charge >= 0.3 is 0 Å². The van der Waals surface area contributed by atoms with Gasteiger partial charge in [0.1, 0.15) is 5.82 Å². The summed E-state index contributed by atoms with van der Waals surface area (Å²) in [7, 11) is 0. The van der Waals surface area contributed by atoms with E-state index in [1.54, 1.807) is 18.2 Å². The Morgan fingerprint density at radius 2 is 2.06 bits per heavy atom. The summed E-state index contributed by atoms with van der Waals surface area (Å²) in [5.74, 6) is -0.457. The average molecular weight is 236 g/mol. The highest BCUT2D eigenvalue weighted by molar-refractivity contribution is 6.30. The molecule has 0 radical (unpaired) electrons. The lowest BCUT2D eigenvalue weighted by Crippen LogP contribution is -1.91. The van der Waals surface area contributed by atoms with E-state index >= 15 is 0 Å². The van der Waals surface area contributed by atoms with Gasteiger partial charge in [0, 0.05) is 28.5 Å². The lowest BCUT2D eigenvalue weighted by atomic mass is 10.0. The normalized spacial score (nSPS) is 10.1. The van der Waals surface area contributed by atoms with Crippen molar-refractivity contribution >= 4 is 17.9 Å². The second-order valence-corrected chi connectivity index (χ2v) is 3.64. The van der Waals surface area contributed by atoms with Crippen molar-refractivity contribution in [1.29, 1.82) is 0 Å². The number of carbonyl (C=O) groups excluding carboxylic acids is 1. The van der Waals surface area contributed by atoms with E-state index in [0.717, 1.165) is 0 Å². The van der Waals surface area contributed by atoms with Gasteiger partial charge in [0.15, 0.2) is 6.29 Å². The summed E-state index contributed by atoms with van der Waals surface area (Å²) in [4.78, 5) is 14.6. The summed E-state index contributed by atoms with van der Waals surface area (Å²) in [6, 6.07) is 5.93. The van der Waals surface area contributed by atoms with E-state index in [1.165, 1.54) is 18.5 Å². The Hall–Kier alpha value is -1.74. The Morgan fingerprint density at radius 1 is 1.25 bits per heavy atom. The van der Waals surface area contributed by atoms with Crippen LogP contribution in [0.15, 0.2) is 36.7 Å². The molecule has 2 rings (SSSR count). The van der Waals surface area contributed by atoms with Crippen LogP contribution in [0.3, 0.4) is 0 Å². The third-order valence-corrected chi connectivity index (χ3v) is 2.44. The zero-order valence-corrected chi connectivity index (χ0v) is 8.91. The number of aromatic nitrogens is 1. The third kappa shape index (κ3) is 1.95. The van der Waals surface area contributed by atoms with Gasteiger partial charge in [0.05, 0.1) is 0 Å². The smallest absolute Gasteiger partial charge is 0.152 e. The topological polar surface area (TPSA) is 30.0 Å². The summed E-state index contributed by atoms with van der Waals surface area (Å²) in [6.45, 7) is 0. The standard InChI is InChI=1S/C12H7ClFNO/c13-9-1-2-11(12(14)5-9)10-3-4-15-6-8(10)7-16/h1-7H. The molecule has 0 amide bonds. The van der Waals surface area contributed by atoms with Crippen LogP contribution >= 0.6 is 11.6 Å². The molecule has 0 saturated carbocycles. The van der Waals surface area contributed by atoms with Crippen molar-refractivity contribution in [1.82, 2.24) is 4.98 Å². The molecule has 0 N–H and O–H groups in total. The first-order valence-electron chi connectivity index (χ1n) is 4.57. The van der Waals surface area contributed by atoms with E-state index in [9.17, 15) is 9.18 Å². The van der Waals surface area contributed by atoms with Gasteiger partial charge < -0.3 is 0 Å². The van der Waals surface area contributed by atoms with E-state index in [2.05, 4.69) is 4.98 Å². The van der Waals surface area contributed by atoms with Gasteiger partial charge in [-0.3, -0.25) is 9.78 Å². The van der Waals surface area contributed by atoms with Gasteiger partial charge in [-0.2, -0.15) is 0 Å². The number of aldehydes is 1. The molecule has 1 heterocycles. The van der Waals surface area contributed by atoms with Gasteiger partial charge in [0.2, 0.25) is 0 Å². The molecule has 0 bridgehead atoms. The highest BCUT2D eigenvalue weighted by atomic mass is 35.5. The van der Waals surface area contributed by atoms with Gasteiger partial charge in [0.25, 0.3) is 0 Å². The van der Waals surface area contributed by atoms with Crippen LogP contribution in [0, 0.1) is 5.82 Å². The maximum absolute atomic E-state index is 13.6. The average Bonchev–Trinajstić information content (AvgIpc) is 2.29. The Labute approximate surface area is 96.7 Å². The molecule has 1 aromatic carbocycles. The van der Waals surface area contributed by atoms with Gasteiger partial charge in [-0.1, -0.05) is 11.6 Å². The van der Waals surface area contributed by atoms with E-state index in [-0.39, 0.29) is 0 Å². The first-order valence-corrected chi connectivity index (χ1v) is 4.95. The second kappa shape index (κ2) is 4.41. The predicted octanol–water partition coefficient (Wildman–Crippen LogP) is 3.35. The van der Waals surface area contributed by atoms with E-state index < -0.39 is 5.82 Å². The number of halogens is 2. The number of rotatable bonds is 2. The van der Waals surface area contributed by atoms with Crippen molar-refractivity contribution in [2.45, 2.75) is 0 Å². The molecule has 0 saturated heterocycles. The van der Waals surface area contributed by atoms with Crippen LogP contribution in [0.2, 0.25) is 5.02 Å². The molecule has 2 aromatic rings. The first-order chi connectivity index (χ1) is 7.72. The number of carbonyl (C=O) groups is 1. The van der Waals surface area contributed by atoms with Crippen LogP contribution < -0.4 is 0 Å². The number of benzene rings is 1. The highest BCUT2D eigenvalue weighted by Crippen LogP contribution is 2.26. The summed E-state index contributed by atoms with van der Waals surface area (Å²) in [5.41, 5.74) is 1.21. The summed E-state index contributed by atoms with van der Waals surface area (Å²) in [6.07, 6.45) is 3.56. The van der Waals surface area contributed by atoms with Gasteiger partial charge in [-0.15, -0.1) is 0 Å². The van der Waals surface area contributed by atoms with Crippen LogP contribution in [0.4, 0.5) is 4.39 Å². The Balaban J connectivity index is 2.62. The molecular weight excluding hydrogens is 229 g/mol. The minimum absolute atomic E-state index is 0.322. The number of hydrogen-bond donors (Lipinski definition) is 0. The molecule has 0 unspecified atom stereocenters. The minimum Gasteiger partial charge on any atom is -0.298 e. The minimum atomic E-state index is -0.457. The van der Waals surface area contributed by atoms with Crippen molar-refractivity contribution in [3.63, 3.8) is 0 Å². The van der Waals surface area contributed by atoms with Crippen LogP contribution in [-0.2, 0) is 0 Å². The molecule has 80 valence electrons. The zero-order valence-electron chi connectivity index (χ0n) is 8.15. The lowest BCUT2D eigenvalue weighted by molar-refractivity contribution is 0.112. The molecular formula is C12H7ClFNO. The molecule has 0 aliphatic carbocycles. The van der Waals surface area contributed by atoms with Crippen LogP contribution in [0.5, 0.6) is 0 Å². The van der Waals surface area contributed by atoms with Crippen molar-refractivity contribution in [3.8, 4) is 11.1 Å². The maximum Gasteiger partial charge on any atom is 0.152 e. The Kier molecular flexibility index (Phi) is 2.97. The lowest BCUT2D eigenvalue weighted by Gasteiger charge is -2.05. The van der Waals surface area contributed by atoms with Crippen molar-refractivity contribution in [2.24, 2.45) is 0 Å². The number of hydrogen-bond acceptors (Lipinski definition) is 2. The molecule has 0 atom stereocenters. The van der Waals surface area contributed by atoms with E-state index in [1.807, 2.05) is 0 Å². The fraction of sp³-hybridized carbons (Fsp3) is 0. The Bertz CT molecular complexity index is 542. The van der Waals surface area contributed by atoms with Crippen LogP contribution in [-0.4, -0.2) is 11.3 Å². The molecule has 1 aromatic heterocycles. The second-order valence-electron chi connectivity index (χ2n) is 3.20. The summed E-state index contributed by atoms with van der Waals surface area (Å²) < 4.78 is 13.6. The van der Waals surface area contributed by atoms with E-state index in [0.29, 0.717) is 28.0 Å². The van der Waals surface area contributed by atoms with Crippen LogP contribution in [0.25, 0.3) is 11.1 Å². The largest absolute Gasteiger partial charge is 0.298 e. The Morgan fingerprint density at radius 3 is 2.75 bits per heavy atom. The van der Waals surface area contributed by atoms with Crippen LogP contribution in [0.1, 0.15) is 10.4 Å². The maximum atomic E-state index is 13.6. The number of pyridine rings is 1. The fourth-order valence-electron chi connectivity index (χ4n) is 1.45. The molecule has 2 nitrogen and oxygen atoms in total. The van der Waals surface area contributed by atoms with Crippen molar-refractivity contribution in [3.05, 3.63) is 53.1 Å². The van der Waals surface area contributed by atoms with Gasteiger partial charge in [-0.25, -0.2) is 4.39 Å². The summed E-state index contributed by atoms with van der Waals surface area (Å²) >= 11 is 5.66. The molecule has 0 spiro atoms. The summed E-state index contributed by atoms with van der Waals surface area (Å²) in [5, 5.41) is 0.322. The highest BCUT2D eigenvalue weighted by Gasteiger charge is 2.09. The molecule has 16 heavy (non-hydrogen) atoms. The molecule has 0 fully saturated rings. The fourth-order valence-corrected chi connectivity index (χ4v) is 1.61. The van der Waals surface area contributed by atoms with Crippen molar-refractivity contribution < 1.29 is 9.18 Å². The molecule has 0 aliphatic rings. The SMILES string of the molecule is O=Cc1cnccc1-c1ccc(Cl)cc1F. The predicted molar refractivity (Wildman–Crippen MR) is 60.0 cm³/mol. The van der Waals surface area contributed by atoms with Crippen molar-refractivity contribution in [2.75, 3.05) is 0 Å². The molecule has 4 heteroatoms. The van der Waals surface area contributed by atoms with E-state index in [4.69, 9.17) is 11.6 Å². The number of nitrogens with zero attached hydrogens (tertiary/aromatic N) is 1. The van der Waals surface area contributed by atoms with Gasteiger partial charge in [-0.05, 0) is 29.8 Å². The monoisotopic (exact) mass is 235 g/mol. The molecule has 0 aliphatic heterocycles. The zero-order chi connectivity index (χ0) is 11.5. The quantitative estimate of drug-likeness (QED) is 0.747.